The number of carboxylic acid groups (broad SMARTS) is 1. The topological polar surface area (TPSA) is 96.2 Å². The minimum Gasteiger partial charge on any atom is -0.478 e. The van der Waals surface area contributed by atoms with E-state index >= 15 is 0 Å². The zero-order valence-electron chi connectivity index (χ0n) is 8.77. The SMILES string of the molecule is CC(C)c1noc2[nH]c(=O)cc(C(=O)O)c12. The van der Waals surface area contributed by atoms with Crippen molar-refractivity contribution in [1.82, 2.24) is 10.1 Å². The van der Waals surface area contributed by atoms with Gasteiger partial charge < -0.3 is 9.63 Å². The number of nitrogens with zero attached hydrogens (tertiary/aromatic N) is 1. The highest BCUT2D eigenvalue weighted by Crippen LogP contribution is 2.25. The summed E-state index contributed by atoms with van der Waals surface area (Å²) in [4.78, 5) is 24.6. The molecule has 2 rings (SSSR count). The smallest absolute Gasteiger partial charge is 0.336 e. The first-order valence-corrected chi connectivity index (χ1v) is 4.76. The number of hydrogen-bond donors (Lipinski definition) is 2. The Morgan fingerprint density at radius 2 is 2.25 bits per heavy atom. The number of rotatable bonds is 2. The molecule has 0 spiro atoms. The predicted molar refractivity (Wildman–Crippen MR) is 55.7 cm³/mol. The molecule has 2 heterocycles. The van der Waals surface area contributed by atoms with Crippen LogP contribution in [-0.2, 0) is 0 Å². The Hall–Kier alpha value is -2.11. The van der Waals surface area contributed by atoms with Gasteiger partial charge in [-0.15, -0.1) is 0 Å². The van der Waals surface area contributed by atoms with E-state index in [1.807, 2.05) is 13.8 Å². The van der Waals surface area contributed by atoms with E-state index in [2.05, 4.69) is 10.1 Å². The second-order valence-electron chi connectivity index (χ2n) is 3.78. The van der Waals surface area contributed by atoms with E-state index in [0.29, 0.717) is 11.1 Å². The number of carbonyl (C=O) groups is 1. The normalized spacial score (nSPS) is 11.2. The van der Waals surface area contributed by atoms with Crippen molar-refractivity contribution < 1.29 is 14.4 Å². The molecular formula is C10H10N2O4. The summed E-state index contributed by atoms with van der Waals surface area (Å²) in [6.45, 7) is 3.74. The Labute approximate surface area is 89.9 Å². The molecule has 0 saturated heterocycles. The highest BCUT2D eigenvalue weighted by atomic mass is 16.5. The van der Waals surface area contributed by atoms with E-state index < -0.39 is 11.5 Å². The molecule has 0 atom stereocenters. The summed E-state index contributed by atoms with van der Waals surface area (Å²) < 4.78 is 4.91. The third kappa shape index (κ3) is 1.48. The van der Waals surface area contributed by atoms with Crippen molar-refractivity contribution in [3.05, 3.63) is 27.7 Å². The average Bonchev–Trinajstić information content (AvgIpc) is 2.59. The fraction of sp³-hybridized carbons (Fsp3) is 0.300. The largest absolute Gasteiger partial charge is 0.478 e. The maximum atomic E-state index is 11.2. The van der Waals surface area contributed by atoms with Gasteiger partial charge in [0.25, 0.3) is 5.56 Å². The molecule has 2 aromatic heterocycles. The zero-order chi connectivity index (χ0) is 11.9. The van der Waals surface area contributed by atoms with Gasteiger partial charge in [0.05, 0.1) is 16.6 Å². The van der Waals surface area contributed by atoms with Crippen molar-refractivity contribution in [2.75, 3.05) is 0 Å². The highest BCUT2D eigenvalue weighted by Gasteiger charge is 2.20. The molecule has 0 saturated carbocycles. The molecule has 0 fully saturated rings. The van der Waals surface area contributed by atoms with Crippen LogP contribution in [0.2, 0.25) is 0 Å². The Bertz CT molecular complexity index is 609. The minimum absolute atomic E-state index is 0.0188. The molecule has 6 heteroatoms. The van der Waals surface area contributed by atoms with Crippen molar-refractivity contribution in [1.29, 1.82) is 0 Å². The average molecular weight is 222 g/mol. The van der Waals surface area contributed by atoms with Gasteiger partial charge in [-0.3, -0.25) is 9.78 Å². The second-order valence-corrected chi connectivity index (χ2v) is 3.78. The number of fused-ring (bicyclic) bond motifs is 1. The van der Waals surface area contributed by atoms with Crippen molar-refractivity contribution >= 4 is 17.1 Å². The maximum absolute atomic E-state index is 11.2. The van der Waals surface area contributed by atoms with Crippen LogP contribution in [0.25, 0.3) is 11.1 Å². The molecule has 0 amide bonds. The molecule has 0 aliphatic carbocycles. The molecule has 0 aliphatic heterocycles. The Kier molecular flexibility index (Phi) is 2.26. The van der Waals surface area contributed by atoms with Gasteiger partial charge in [-0.05, 0) is 5.92 Å². The Morgan fingerprint density at radius 3 is 2.81 bits per heavy atom. The summed E-state index contributed by atoms with van der Waals surface area (Å²) in [6.07, 6.45) is 0. The van der Waals surface area contributed by atoms with Crippen LogP contribution < -0.4 is 5.56 Å². The summed E-state index contributed by atoms with van der Waals surface area (Å²) >= 11 is 0. The van der Waals surface area contributed by atoms with E-state index in [4.69, 9.17) is 9.63 Å². The van der Waals surface area contributed by atoms with Crippen LogP contribution in [0.3, 0.4) is 0 Å². The van der Waals surface area contributed by atoms with Gasteiger partial charge in [0.15, 0.2) is 0 Å². The van der Waals surface area contributed by atoms with Crippen LogP contribution in [0.4, 0.5) is 0 Å². The fourth-order valence-corrected chi connectivity index (χ4v) is 1.56. The van der Waals surface area contributed by atoms with Gasteiger partial charge >= 0.3 is 5.97 Å². The van der Waals surface area contributed by atoms with Crippen LogP contribution in [0.15, 0.2) is 15.4 Å². The maximum Gasteiger partial charge on any atom is 0.336 e. The molecule has 0 bridgehead atoms. The molecule has 16 heavy (non-hydrogen) atoms. The van der Waals surface area contributed by atoms with Crippen LogP contribution in [0, 0.1) is 0 Å². The molecule has 84 valence electrons. The predicted octanol–water partition coefficient (Wildman–Crippen LogP) is 1.34. The first-order chi connectivity index (χ1) is 7.50. The number of aromatic amines is 1. The van der Waals surface area contributed by atoms with Crippen LogP contribution in [0.1, 0.15) is 35.8 Å². The second kappa shape index (κ2) is 3.48. The van der Waals surface area contributed by atoms with Crippen molar-refractivity contribution in [3.63, 3.8) is 0 Å². The lowest BCUT2D eigenvalue weighted by Crippen LogP contribution is -2.10. The lowest BCUT2D eigenvalue weighted by atomic mass is 10.0. The van der Waals surface area contributed by atoms with E-state index in [1.54, 1.807) is 0 Å². The van der Waals surface area contributed by atoms with E-state index in [1.165, 1.54) is 0 Å². The summed E-state index contributed by atoms with van der Waals surface area (Å²) in [5, 5.41) is 13.1. The number of aromatic carboxylic acids is 1. The van der Waals surface area contributed by atoms with Crippen LogP contribution in [-0.4, -0.2) is 21.2 Å². The number of aromatic nitrogens is 2. The highest BCUT2D eigenvalue weighted by molar-refractivity contribution is 6.02. The quantitative estimate of drug-likeness (QED) is 0.799. The molecule has 6 nitrogen and oxygen atoms in total. The van der Waals surface area contributed by atoms with Gasteiger partial charge in [0.1, 0.15) is 0 Å². The molecule has 0 radical (unpaired) electrons. The number of nitrogens with one attached hydrogen (secondary N) is 1. The molecule has 0 unspecified atom stereocenters. The first kappa shape index (κ1) is 10.4. The Morgan fingerprint density at radius 1 is 1.56 bits per heavy atom. The van der Waals surface area contributed by atoms with Crippen molar-refractivity contribution in [2.24, 2.45) is 0 Å². The standard InChI is InChI=1S/C10H10N2O4/c1-4(2)8-7-5(10(14)15)3-6(13)11-9(7)16-12-8/h3-4H,1-2H3,(H,11,13)(H,14,15). The van der Waals surface area contributed by atoms with Crippen molar-refractivity contribution in [3.8, 4) is 0 Å². The summed E-state index contributed by atoms with van der Waals surface area (Å²) in [5.41, 5.74) is 0.0392. The van der Waals surface area contributed by atoms with Crippen LogP contribution in [0.5, 0.6) is 0 Å². The van der Waals surface area contributed by atoms with E-state index in [9.17, 15) is 9.59 Å². The van der Waals surface area contributed by atoms with Gasteiger partial charge in [-0.1, -0.05) is 19.0 Å². The number of carboxylic acids is 1. The lowest BCUT2D eigenvalue weighted by Gasteiger charge is -2.00. The zero-order valence-corrected chi connectivity index (χ0v) is 8.77. The van der Waals surface area contributed by atoms with Gasteiger partial charge in [-0.2, -0.15) is 0 Å². The molecule has 0 aliphatic rings. The lowest BCUT2D eigenvalue weighted by molar-refractivity contribution is 0.0698. The number of pyridine rings is 1. The first-order valence-electron chi connectivity index (χ1n) is 4.76. The Balaban J connectivity index is 2.90. The van der Waals surface area contributed by atoms with E-state index in [-0.39, 0.29) is 17.2 Å². The van der Waals surface area contributed by atoms with Crippen molar-refractivity contribution in [2.45, 2.75) is 19.8 Å². The summed E-state index contributed by atoms with van der Waals surface area (Å²) in [5.74, 6) is -1.15. The number of H-pyrrole nitrogens is 1. The van der Waals surface area contributed by atoms with Gasteiger partial charge in [0, 0.05) is 6.07 Å². The third-order valence-corrected chi connectivity index (χ3v) is 2.28. The minimum atomic E-state index is -1.17. The number of hydrogen-bond acceptors (Lipinski definition) is 4. The molecule has 0 aromatic carbocycles. The molecule has 2 aromatic rings. The fourth-order valence-electron chi connectivity index (χ4n) is 1.56. The summed E-state index contributed by atoms with van der Waals surface area (Å²) in [7, 11) is 0. The van der Waals surface area contributed by atoms with Gasteiger partial charge in [-0.25, -0.2) is 4.79 Å². The van der Waals surface area contributed by atoms with E-state index in [0.717, 1.165) is 6.07 Å². The molecule has 2 N–H and O–H groups in total. The molecular weight excluding hydrogens is 212 g/mol. The summed E-state index contributed by atoms with van der Waals surface area (Å²) in [6, 6.07) is 1.04. The monoisotopic (exact) mass is 222 g/mol. The van der Waals surface area contributed by atoms with Crippen LogP contribution >= 0.6 is 0 Å². The third-order valence-electron chi connectivity index (χ3n) is 2.28. The van der Waals surface area contributed by atoms with Gasteiger partial charge in [0.2, 0.25) is 5.71 Å².